The molecule has 0 bridgehead atoms. The maximum atomic E-state index is 14.3. The van der Waals surface area contributed by atoms with Gasteiger partial charge in [-0.25, -0.2) is 14.1 Å². The van der Waals surface area contributed by atoms with E-state index in [2.05, 4.69) is 27.5 Å². The van der Waals surface area contributed by atoms with Gasteiger partial charge in [0.2, 0.25) is 5.95 Å². The summed E-state index contributed by atoms with van der Waals surface area (Å²) in [6.45, 7) is 2.97. The molecule has 5 aromatic rings. The summed E-state index contributed by atoms with van der Waals surface area (Å²) in [4.78, 5) is 12.9. The second kappa shape index (κ2) is 9.95. The number of hydrogen-bond donors (Lipinski definition) is 2. The number of imidazole rings is 1. The number of aromatic nitrogens is 5. The molecule has 1 fully saturated rings. The molecule has 0 amide bonds. The second-order valence-electron chi connectivity index (χ2n) is 9.25. The normalized spacial score (nSPS) is 15.8. The Kier molecular flexibility index (Phi) is 6.36. The zero-order valence-electron chi connectivity index (χ0n) is 20.3. The molecular formula is C28H26ClFN6O. The number of nitrogens with one attached hydrogen (secondary N) is 2. The highest BCUT2D eigenvalue weighted by Gasteiger charge is 2.20. The Morgan fingerprint density at radius 2 is 2.05 bits per heavy atom. The quantitative estimate of drug-likeness (QED) is 0.256. The molecule has 188 valence electrons. The fourth-order valence-corrected chi connectivity index (χ4v) is 4.88. The number of nitrogens with zero attached hydrogens (tertiary/aromatic N) is 4. The van der Waals surface area contributed by atoms with E-state index in [1.807, 2.05) is 42.1 Å². The number of aromatic amines is 1. The molecule has 0 aliphatic carbocycles. The maximum absolute atomic E-state index is 14.3. The van der Waals surface area contributed by atoms with Crippen molar-refractivity contribution in [2.45, 2.75) is 39.0 Å². The number of ether oxygens (including phenoxy) is 1. The lowest BCUT2D eigenvalue weighted by Crippen LogP contribution is -2.18. The summed E-state index contributed by atoms with van der Waals surface area (Å²) in [6.07, 6.45) is 5.04. The van der Waals surface area contributed by atoms with Gasteiger partial charge in [-0.05, 0) is 62.6 Å². The summed E-state index contributed by atoms with van der Waals surface area (Å²) in [7, 11) is 0. The van der Waals surface area contributed by atoms with Gasteiger partial charge in [0.1, 0.15) is 5.82 Å². The van der Waals surface area contributed by atoms with E-state index in [4.69, 9.17) is 26.3 Å². The predicted molar refractivity (Wildman–Crippen MR) is 143 cm³/mol. The molecule has 2 N–H and O–H groups in total. The van der Waals surface area contributed by atoms with Crippen molar-refractivity contribution < 1.29 is 9.13 Å². The highest BCUT2D eigenvalue weighted by molar-refractivity contribution is 6.30. The molecule has 3 aromatic heterocycles. The number of fused-ring (bicyclic) bond motifs is 1. The Balaban J connectivity index is 1.36. The van der Waals surface area contributed by atoms with Crippen molar-refractivity contribution in [3.05, 3.63) is 82.9 Å². The zero-order chi connectivity index (χ0) is 25.4. The van der Waals surface area contributed by atoms with E-state index in [9.17, 15) is 4.39 Å². The third kappa shape index (κ3) is 4.82. The molecule has 1 aliphatic heterocycles. The fourth-order valence-electron chi connectivity index (χ4n) is 4.72. The second-order valence-corrected chi connectivity index (χ2v) is 9.68. The van der Waals surface area contributed by atoms with Gasteiger partial charge in [0.05, 0.1) is 28.8 Å². The van der Waals surface area contributed by atoms with Crippen LogP contribution >= 0.6 is 11.6 Å². The summed E-state index contributed by atoms with van der Waals surface area (Å²) in [5, 5.41) is 9.21. The Morgan fingerprint density at radius 3 is 2.86 bits per heavy atom. The highest BCUT2D eigenvalue weighted by Crippen LogP contribution is 2.34. The number of hydrogen-bond acceptors (Lipinski definition) is 5. The average Bonchev–Trinajstić information content (AvgIpc) is 3.53. The number of halogens is 2. The smallest absolute Gasteiger partial charge is 0.201 e. The summed E-state index contributed by atoms with van der Waals surface area (Å²) in [5.41, 5.74) is 5.66. The number of H-pyrrole nitrogens is 1. The molecule has 9 heteroatoms. The van der Waals surface area contributed by atoms with Crippen LogP contribution in [0.2, 0.25) is 5.02 Å². The largest absolute Gasteiger partial charge is 0.356 e. The molecular weight excluding hydrogens is 491 g/mol. The average molecular weight is 517 g/mol. The molecule has 37 heavy (non-hydrogen) atoms. The van der Waals surface area contributed by atoms with Crippen LogP contribution in [-0.4, -0.2) is 31.3 Å². The number of aryl methyl sites for hydroxylation is 1. The third-order valence-corrected chi connectivity index (χ3v) is 6.84. The summed E-state index contributed by atoms with van der Waals surface area (Å²) >= 11 is 5.89. The molecule has 1 saturated heterocycles. The standard InChI is InChI=1S/C28H26ClFN6O/c1-17-5-4-6-23(33-17)27-26(34-28(35-27)31-15-19-8-10-21(29)14-22(19)30)18-9-11-24-20(13-18)16-32-36(24)25-7-2-3-12-37-25/h4-6,8-11,13-14,16,25H,2-3,7,12,15H2,1H3,(H2,31,34,35). The fraction of sp³-hybridized carbons (Fsp3) is 0.250. The van der Waals surface area contributed by atoms with Gasteiger partial charge in [-0.3, -0.25) is 4.98 Å². The SMILES string of the molecule is Cc1cccc(-c2[nH]c(NCc3ccc(Cl)cc3F)nc2-c2ccc3c(cnn3C3CCCCO3)c2)n1. The van der Waals surface area contributed by atoms with Gasteiger partial charge >= 0.3 is 0 Å². The van der Waals surface area contributed by atoms with Gasteiger partial charge in [0.15, 0.2) is 6.23 Å². The first-order valence-corrected chi connectivity index (χ1v) is 12.7. The summed E-state index contributed by atoms with van der Waals surface area (Å²) in [6, 6.07) is 16.7. The van der Waals surface area contributed by atoms with E-state index in [0.29, 0.717) is 16.5 Å². The molecule has 7 nitrogen and oxygen atoms in total. The van der Waals surface area contributed by atoms with Gasteiger partial charge in [-0.1, -0.05) is 29.8 Å². The van der Waals surface area contributed by atoms with Crippen LogP contribution in [-0.2, 0) is 11.3 Å². The Bertz CT molecular complexity index is 1570. The van der Waals surface area contributed by atoms with Crippen LogP contribution in [0.4, 0.5) is 10.3 Å². The molecule has 0 radical (unpaired) electrons. The van der Waals surface area contributed by atoms with Gasteiger partial charge in [0, 0.05) is 40.4 Å². The van der Waals surface area contributed by atoms with Crippen LogP contribution in [0.15, 0.2) is 60.8 Å². The Morgan fingerprint density at radius 1 is 1.14 bits per heavy atom. The molecule has 0 saturated carbocycles. The van der Waals surface area contributed by atoms with Crippen LogP contribution in [0.25, 0.3) is 33.5 Å². The third-order valence-electron chi connectivity index (χ3n) is 6.61. The molecule has 1 aliphatic rings. The number of anilines is 1. The van der Waals surface area contributed by atoms with Crippen molar-refractivity contribution in [3.63, 3.8) is 0 Å². The number of pyridine rings is 1. The lowest BCUT2D eigenvalue weighted by molar-refractivity contribution is -0.0366. The lowest BCUT2D eigenvalue weighted by Gasteiger charge is -2.23. The molecule has 6 rings (SSSR count). The highest BCUT2D eigenvalue weighted by atomic mass is 35.5. The topological polar surface area (TPSA) is 80.7 Å². The van der Waals surface area contributed by atoms with Crippen LogP contribution in [0, 0.1) is 12.7 Å². The molecule has 4 heterocycles. The maximum Gasteiger partial charge on any atom is 0.201 e. The Hall–Kier alpha value is -3.75. The Labute approximate surface area is 218 Å². The minimum Gasteiger partial charge on any atom is -0.356 e. The van der Waals surface area contributed by atoms with Gasteiger partial charge in [-0.2, -0.15) is 5.10 Å². The van der Waals surface area contributed by atoms with Crippen LogP contribution in [0.3, 0.4) is 0 Å². The summed E-state index contributed by atoms with van der Waals surface area (Å²) in [5.74, 6) is 0.158. The van der Waals surface area contributed by atoms with E-state index in [1.165, 1.54) is 6.07 Å². The summed E-state index contributed by atoms with van der Waals surface area (Å²) < 4.78 is 22.2. The van der Waals surface area contributed by atoms with Crippen molar-refractivity contribution in [2.24, 2.45) is 0 Å². The van der Waals surface area contributed by atoms with E-state index in [-0.39, 0.29) is 18.6 Å². The molecule has 1 unspecified atom stereocenters. The molecule has 0 spiro atoms. The number of benzene rings is 2. The van der Waals surface area contributed by atoms with Crippen LogP contribution < -0.4 is 5.32 Å². The van der Waals surface area contributed by atoms with Crippen molar-refractivity contribution in [3.8, 4) is 22.6 Å². The van der Waals surface area contributed by atoms with E-state index >= 15 is 0 Å². The van der Waals surface area contributed by atoms with E-state index < -0.39 is 0 Å². The predicted octanol–water partition coefficient (Wildman–Crippen LogP) is 6.90. The van der Waals surface area contributed by atoms with Crippen molar-refractivity contribution in [1.82, 2.24) is 24.7 Å². The van der Waals surface area contributed by atoms with E-state index in [0.717, 1.165) is 65.1 Å². The van der Waals surface area contributed by atoms with Crippen molar-refractivity contribution >= 4 is 28.5 Å². The lowest BCUT2D eigenvalue weighted by atomic mass is 10.1. The number of rotatable bonds is 6. The van der Waals surface area contributed by atoms with Crippen molar-refractivity contribution in [2.75, 3.05) is 11.9 Å². The minimum atomic E-state index is -0.364. The zero-order valence-corrected chi connectivity index (χ0v) is 21.1. The first-order valence-electron chi connectivity index (χ1n) is 12.4. The molecule has 2 aromatic carbocycles. The van der Waals surface area contributed by atoms with Gasteiger partial charge < -0.3 is 15.0 Å². The van der Waals surface area contributed by atoms with Gasteiger partial charge in [-0.15, -0.1) is 0 Å². The van der Waals surface area contributed by atoms with Crippen molar-refractivity contribution in [1.29, 1.82) is 0 Å². The monoisotopic (exact) mass is 516 g/mol. The van der Waals surface area contributed by atoms with Gasteiger partial charge in [0.25, 0.3) is 0 Å². The van der Waals surface area contributed by atoms with Crippen LogP contribution in [0.1, 0.15) is 36.7 Å². The van der Waals surface area contributed by atoms with Crippen LogP contribution in [0.5, 0.6) is 0 Å². The minimum absolute atomic E-state index is 0.0291. The first kappa shape index (κ1) is 23.6. The van der Waals surface area contributed by atoms with E-state index in [1.54, 1.807) is 12.1 Å². The first-order chi connectivity index (χ1) is 18.0. The molecule has 1 atom stereocenters.